The average molecular weight is 418 g/mol. The highest BCUT2D eigenvalue weighted by molar-refractivity contribution is 6.36. The maximum atomic E-state index is 13.3. The lowest BCUT2D eigenvalue weighted by Crippen LogP contribution is -2.32. The molecule has 1 aliphatic heterocycles. The summed E-state index contributed by atoms with van der Waals surface area (Å²) < 4.78 is 13.3. The second kappa shape index (κ2) is 8.15. The Kier molecular flexibility index (Phi) is 5.23. The zero-order valence-corrected chi connectivity index (χ0v) is 16.0. The zero-order valence-electron chi connectivity index (χ0n) is 16.0. The lowest BCUT2D eigenvalue weighted by atomic mass is 10.0. The van der Waals surface area contributed by atoms with Gasteiger partial charge in [0.2, 0.25) is 0 Å². The topological polar surface area (TPSA) is 105 Å². The van der Waals surface area contributed by atoms with Crippen molar-refractivity contribution < 1.29 is 18.9 Å². The summed E-state index contributed by atoms with van der Waals surface area (Å²) in [5.41, 5.74) is 1.21. The molecule has 0 bridgehead atoms. The number of nitro groups is 1. The first-order chi connectivity index (χ1) is 14.9. The van der Waals surface area contributed by atoms with E-state index >= 15 is 0 Å². The predicted octanol–water partition coefficient (Wildman–Crippen LogP) is 3.52. The Labute approximate surface area is 175 Å². The Morgan fingerprint density at radius 2 is 1.68 bits per heavy atom. The number of halogens is 1. The number of pyridine rings is 1. The summed E-state index contributed by atoms with van der Waals surface area (Å²) in [7, 11) is 0. The molecule has 0 unspecified atom stereocenters. The number of hydrogen-bond acceptors (Lipinski definition) is 6. The molecular formula is C22H15FN4O4. The molecule has 1 aliphatic rings. The third-order valence-corrected chi connectivity index (χ3v) is 4.69. The van der Waals surface area contributed by atoms with Crippen LogP contribution in [-0.2, 0) is 16.1 Å². The van der Waals surface area contributed by atoms with Crippen molar-refractivity contribution >= 4 is 28.8 Å². The fourth-order valence-corrected chi connectivity index (χ4v) is 3.18. The molecule has 2 aromatic carbocycles. The van der Waals surface area contributed by atoms with Gasteiger partial charge in [0.25, 0.3) is 17.5 Å². The molecule has 0 aliphatic carbocycles. The molecule has 2 amide bonds. The van der Waals surface area contributed by atoms with Crippen LogP contribution in [0.3, 0.4) is 0 Å². The molecule has 0 radical (unpaired) electrons. The smallest absolute Gasteiger partial charge is 0.278 e. The number of imide groups is 1. The number of non-ortho nitro benzene ring substituents is 1. The third kappa shape index (κ3) is 4.01. The second-order valence-corrected chi connectivity index (χ2v) is 6.70. The standard InChI is InChI=1S/C22H15FN4O4/c23-15-6-8-16(9-7-15)25-20-19(14-4-10-18(11-5-14)27(30)31)21(28)26(22(20)29)13-17-3-1-2-12-24-17/h1-12,25H,13H2. The van der Waals surface area contributed by atoms with Crippen LogP contribution in [-0.4, -0.2) is 26.6 Å². The largest absolute Gasteiger partial charge is 0.350 e. The van der Waals surface area contributed by atoms with Crippen molar-refractivity contribution in [1.29, 1.82) is 0 Å². The van der Waals surface area contributed by atoms with Gasteiger partial charge in [-0.15, -0.1) is 0 Å². The first kappa shape index (κ1) is 19.9. The molecule has 0 fully saturated rings. The highest BCUT2D eigenvalue weighted by Gasteiger charge is 2.39. The summed E-state index contributed by atoms with van der Waals surface area (Å²) in [5.74, 6) is -1.58. The van der Waals surface area contributed by atoms with Crippen molar-refractivity contribution in [3.63, 3.8) is 0 Å². The monoisotopic (exact) mass is 418 g/mol. The molecule has 1 aromatic heterocycles. The first-order valence-corrected chi connectivity index (χ1v) is 9.22. The molecule has 4 rings (SSSR count). The van der Waals surface area contributed by atoms with Crippen LogP contribution in [0, 0.1) is 15.9 Å². The minimum atomic E-state index is -0.576. The van der Waals surface area contributed by atoms with Gasteiger partial charge in [-0.25, -0.2) is 4.39 Å². The number of anilines is 1. The maximum Gasteiger partial charge on any atom is 0.278 e. The van der Waals surface area contributed by atoms with E-state index in [-0.39, 0.29) is 23.5 Å². The molecule has 154 valence electrons. The predicted molar refractivity (Wildman–Crippen MR) is 110 cm³/mol. The van der Waals surface area contributed by atoms with E-state index < -0.39 is 22.6 Å². The summed E-state index contributed by atoms with van der Waals surface area (Å²) in [5, 5.41) is 13.8. The lowest BCUT2D eigenvalue weighted by Gasteiger charge is -2.14. The van der Waals surface area contributed by atoms with Gasteiger partial charge < -0.3 is 5.32 Å². The molecule has 3 aromatic rings. The van der Waals surface area contributed by atoms with Crippen LogP contribution in [0.4, 0.5) is 15.8 Å². The van der Waals surface area contributed by atoms with Gasteiger partial charge in [0.1, 0.15) is 11.5 Å². The first-order valence-electron chi connectivity index (χ1n) is 9.22. The van der Waals surface area contributed by atoms with Gasteiger partial charge in [-0.3, -0.25) is 29.6 Å². The number of nitro benzene ring substituents is 1. The molecule has 0 saturated heterocycles. The van der Waals surface area contributed by atoms with Gasteiger partial charge in [0.15, 0.2) is 0 Å². The van der Waals surface area contributed by atoms with E-state index in [1.54, 1.807) is 24.4 Å². The van der Waals surface area contributed by atoms with Crippen LogP contribution in [0.15, 0.2) is 78.6 Å². The van der Waals surface area contributed by atoms with E-state index in [2.05, 4.69) is 10.3 Å². The number of carbonyl (C=O) groups excluding carboxylic acids is 2. The van der Waals surface area contributed by atoms with E-state index in [0.29, 0.717) is 16.9 Å². The minimum absolute atomic E-state index is 0.00129. The number of nitrogens with one attached hydrogen (secondary N) is 1. The number of aromatic nitrogens is 1. The number of benzene rings is 2. The van der Waals surface area contributed by atoms with Crippen LogP contribution in [0.5, 0.6) is 0 Å². The fourth-order valence-electron chi connectivity index (χ4n) is 3.18. The van der Waals surface area contributed by atoms with Crippen LogP contribution in [0.1, 0.15) is 11.3 Å². The van der Waals surface area contributed by atoms with Gasteiger partial charge in [0.05, 0.1) is 22.7 Å². The Bertz CT molecular complexity index is 1190. The van der Waals surface area contributed by atoms with Gasteiger partial charge >= 0.3 is 0 Å². The Hall–Kier alpha value is -4.40. The molecule has 8 nitrogen and oxygen atoms in total. The normalized spacial score (nSPS) is 13.6. The van der Waals surface area contributed by atoms with Crippen LogP contribution < -0.4 is 5.32 Å². The third-order valence-electron chi connectivity index (χ3n) is 4.69. The van der Waals surface area contributed by atoms with Crippen LogP contribution >= 0.6 is 0 Å². The molecule has 31 heavy (non-hydrogen) atoms. The molecular weight excluding hydrogens is 403 g/mol. The van der Waals surface area contributed by atoms with Crippen molar-refractivity contribution in [2.75, 3.05) is 5.32 Å². The number of amides is 2. The number of hydrogen-bond donors (Lipinski definition) is 1. The summed E-state index contributed by atoms with van der Waals surface area (Å²) in [6.45, 7) is -0.0381. The zero-order chi connectivity index (χ0) is 22.0. The highest BCUT2D eigenvalue weighted by atomic mass is 19.1. The quantitative estimate of drug-likeness (QED) is 0.373. The number of rotatable bonds is 6. The lowest BCUT2D eigenvalue weighted by molar-refractivity contribution is -0.384. The van der Waals surface area contributed by atoms with Gasteiger partial charge in [-0.1, -0.05) is 6.07 Å². The molecule has 0 spiro atoms. The van der Waals surface area contributed by atoms with Crippen molar-refractivity contribution in [3.05, 3.63) is 106 Å². The Balaban J connectivity index is 1.74. The van der Waals surface area contributed by atoms with E-state index in [4.69, 9.17) is 0 Å². The van der Waals surface area contributed by atoms with E-state index in [1.165, 1.54) is 48.5 Å². The van der Waals surface area contributed by atoms with Crippen molar-refractivity contribution in [2.45, 2.75) is 6.54 Å². The van der Waals surface area contributed by atoms with E-state index in [9.17, 15) is 24.1 Å². The Morgan fingerprint density at radius 1 is 0.968 bits per heavy atom. The van der Waals surface area contributed by atoms with Gasteiger partial charge in [0, 0.05) is 24.0 Å². The molecule has 9 heteroatoms. The highest BCUT2D eigenvalue weighted by Crippen LogP contribution is 2.32. The summed E-state index contributed by atoms with van der Waals surface area (Å²) in [4.78, 5) is 41.9. The number of carbonyl (C=O) groups is 2. The average Bonchev–Trinajstić information content (AvgIpc) is 3.00. The van der Waals surface area contributed by atoms with Crippen LogP contribution in [0.25, 0.3) is 5.57 Å². The fraction of sp³-hybridized carbons (Fsp3) is 0.0455. The molecule has 0 saturated carbocycles. The van der Waals surface area contributed by atoms with E-state index in [1.807, 2.05) is 0 Å². The minimum Gasteiger partial charge on any atom is -0.350 e. The number of nitrogens with zero attached hydrogens (tertiary/aromatic N) is 3. The summed E-state index contributed by atoms with van der Waals surface area (Å²) in [6.07, 6.45) is 1.56. The van der Waals surface area contributed by atoms with Crippen LogP contribution in [0.2, 0.25) is 0 Å². The van der Waals surface area contributed by atoms with E-state index in [0.717, 1.165) is 4.90 Å². The molecule has 2 heterocycles. The van der Waals surface area contributed by atoms with Gasteiger partial charge in [-0.05, 0) is 54.1 Å². The van der Waals surface area contributed by atoms with Gasteiger partial charge in [-0.2, -0.15) is 0 Å². The second-order valence-electron chi connectivity index (χ2n) is 6.70. The molecule has 0 atom stereocenters. The van der Waals surface area contributed by atoms with Crippen molar-refractivity contribution in [1.82, 2.24) is 9.88 Å². The summed E-state index contributed by atoms with van der Waals surface area (Å²) in [6, 6.07) is 15.8. The molecule has 1 N–H and O–H groups in total. The SMILES string of the molecule is O=C1C(Nc2ccc(F)cc2)=C(c2ccc([N+](=O)[O-])cc2)C(=O)N1Cc1ccccn1. The summed E-state index contributed by atoms with van der Waals surface area (Å²) >= 11 is 0. The van der Waals surface area contributed by atoms with Crippen molar-refractivity contribution in [2.24, 2.45) is 0 Å². The Morgan fingerprint density at radius 3 is 2.29 bits per heavy atom. The van der Waals surface area contributed by atoms with Crippen molar-refractivity contribution in [3.8, 4) is 0 Å². The maximum absolute atomic E-state index is 13.3.